The molecule has 228 valence electrons. The highest BCUT2D eigenvalue weighted by Crippen LogP contribution is 2.52. The van der Waals surface area contributed by atoms with Crippen molar-refractivity contribution >= 4 is 39.1 Å². The topological polar surface area (TPSA) is 114 Å². The van der Waals surface area contributed by atoms with E-state index in [-0.39, 0.29) is 26.9 Å². The maximum Gasteiger partial charge on any atom is 0.284 e. The fraction of sp³-hybridized carbons (Fsp3) is 0.188. The first-order valence-electron chi connectivity index (χ1n) is 13.6. The van der Waals surface area contributed by atoms with Gasteiger partial charge in [-0.3, -0.25) is 14.5 Å². The minimum Gasteiger partial charge on any atom is -0.495 e. The Morgan fingerprint density at radius 1 is 0.932 bits per heavy atom. The molecular weight excluding hydrogens is 606 g/mol. The Bertz CT molecular complexity index is 1830. The maximum atomic E-state index is 14.6. The highest BCUT2D eigenvalue weighted by atomic mass is 35.5. The van der Waals surface area contributed by atoms with Crippen molar-refractivity contribution in [3.63, 3.8) is 0 Å². The van der Waals surface area contributed by atoms with E-state index < -0.39 is 27.4 Å². The van der Waals surface area contributed by atoms with Crippen molar-refractivity contribution in [2.75, 3.05) is 32.1 Å². The van der Waals surface area contributed by atoms with Crippen LogP contribution in [0, 0.1) is 0 Å². The predicted octanol–water partition coefficient (Wildman–Crippen LogP) is 5.01. The lowest BCUT2D eigenvalue weighted by molar-refractivity contribution is -0.125. The van der Waals surface area contributed by atoms with Gasteiger partial charge in [-0.2, -0.15) is 5.48 Å². The molecule has 0 saturated heterocycles. The third-order valence-electron chi connectivity index (χ3n) is 7.26. The van der Waals surface area contributed by atoms with Crippen LogP contribution in [0.4, 0.5) is 5.69 Å². The number of hydrogen-bond acceptors (Lipinski definition) is 8. The Kier molecular flexibility index (Phi) is 8.55. The highest BCUT2D eigenvalue weighted by Gasteiger charge is 2.58. The Morgan fingerprint density at radius 2 is 1.64 bits per heavy atom. The molecule has 0 saturated carbocycles. The second-order valence-electron chi connectivity index (χ2n) is 9.98. The van der Waals surface area contributed by atoms with Crippen LogP contribution in [0.3, 0.4) is 0 Å². The van der Waals surface area contributed by atoms with Gasteiger partial charge in [0.1, 0.15) is 16.4 Å². The summed E-state index contributed by atoms with van der Waals surface area (Å²) in [5.41, 5.74) is 1.70. The van der Waals surface area contributed by atoms with Crippen LogP contribution >= 0.6 is 11.6 Å². The predicted molar refractivity (Wildman–Crippen MR) is 166 cm³/mol. The molecule has 4 aromatic carbocycles. The minimum absolute atomic E-state index is 0.0740. The van der Waals surface area contributed by atoms with E-state index in [1.54, 1.807) is 85.7 Å². The van der Waals surface area contributed by atoms with E-state index in [1.165, 1.54) is 31.4 Å². The molecule has 1 aliphatic heterocycles. The number of rotatable bonds is 10. The molecule has 1 heterocycles. The number of ether oxygens (including phenoxy) is 2. The molecule has 2 amide bonds. The summed E-state index contributed by atoms with van der Waals surface area (Å²) in [5.74, 6) is -0.666. The van der Waals surface area contributed by atoms with Gasteiger partial charge in [0.05, 0.1) is 19.4 Å². The van der Waals surface area contributed by atoms with Gasteiger partial charge < -0.3 is 14.3 Å². The molecule has 1 atom stereocenters. The first kappa shape index (κ1) is 30.9. The summed E-state index contributed by atoms with van der Waals surface area (Å²) in [6.45, 7) is 2.19. The molecule has 1 unspecified atom stereocenters. The number of likely N-dealkylation sites (N-methyl/N-ethyl adjacent to an activating group) is 1. The van der Waals surface area contributed by atoms with E-state index >= 15 is 0 Å². The van der Waals surface area contributed by atoms with Crippen LogP contribution in [-0.4, -0.2) is 52.9 Å². The number of fused-ring (bicyclic) bond motifs is 1. The van der Waals surface area contributed by atoms with Crippen LogP contribution in [-0.2, 0) is 20.4 Å². The Labute approximate surface area is 260 Å². The molecule has 0 fully saturated rings. The molecule has 44 heavy (non-hydrogen) atoms. The molecule has 0 aromatic heterocycles. The van der Waals surface area contributed by atoms with Crippen molar-refractivity contribution < 1.29 is 32.3 Å². The molecule has 1 N–H and O–H groups in total. The minimum atomic E-state index is -4.61. The molecule has 0 aliphatic carbocycles. The number of nitrogens with zero attached hydrogens (tertiary/aromatic N) is 2. The monoisotopic (exact) mass is 635 g/mol. The summed E-state index contributed by atoms with van der Waals surface area (Å²) < 4.78 is 40.8. The van der Waals surface area contributed by atoms with Gasteiger partial charge in [0.2, 0.25) is 0 Å². The summed E-state index contributed by atoms with van der Waals surface area (Å²) in [4.78, 5) is 34.1. The summed E-state index contributed by atoms with van der Waals surface area (Å²) in [6, 6.07) is 24.0. The summed E-state index contributed by atoms with van der Waals surface area (Å²) in [6.07, 6.45) is 0. The number of sulfonamides is 1. The SMILES string of the molecule is CCOc1ccc2c(c1)C(c1ccccc1Cl)(N(C)C)C(=O)N2S(=O)(=O)c1ccc(C(=O)NOc2ccccc2)cc1OC. The van der Waals surface area contributed by atoms with E-state index in [0.717, 1.165) is 4.31 Å². The number of amides is 2. The number of carbonyl (C=O) groups is 2. The average Bonchev–Trinajstić information content (AvgIpc) is 3.29. The van der Waals surface area contributed by atoms with E-state index in [9.17, 15) is 18.0 Å². The van der Waals surface area contributed by atoms with Gasteiger partial charge >= 0.3 is 0 Å². The van der Waals surface area contributed by atoms with Crippen LogP contribution < -0.4 is 24.1 Å². The van der Waals surface area contributed by atoms with Gasteiger partial charge in [0.25, 0.3) is 21.8 Å². The molecule has 0 spiro atoms. The average molecular weight is 636 g/mol. The second kappa shape index (κ2) is 12.2. The van der Waals surface area contributed by atoms with Gasteiger partial charge in [-0.1, -0.05) is 48.0 Å². The molecule has 0 radical (unpaired) electrons. The van der Waals surface area contributed by atoms with Crippen LogP contribution in [0.25, 0.3) is 0 Å². The number of hydroxylamine groups is 1. The standard InChI is InChI=1S/C32H30ClN3O7S/c1-5-42-23-16-17-27-25(20-23)32(35(2)3,24-13-9-10-14-26(24)33)31(38)36(27)44(39,40)29-18-15-21(19-28(29)41-4)30(37)34-43-22-11-7-6-8-12-22/h6-20H,5H2,1-4H3,(H,34,37). The van der Waals surface area contributed by atoms with E-state index in [1.807, 2.05) is 6.92 Å². The summed E-state index contributed by atoms with van der Waals surface area (Å²) >= 11 is 6.66. The molecule has 4 aromatic rings. The van der Waals surface area contributed by atoms with E-state index in [0.29, 0.717) is 29.2 Å². The van der Waals surface area contributed by atoms with Crippen molar-refractivity contribution in [3.05, 3.63) is 113 Å². The zero-order valence-electron chi connectivity index (χ0n) is 24.4. The van der Waals surface area contributed by atoms with Gasteiger partial charge in [0, 0.05) is 21.7 Å². The number of anilines is 1. The highest BCUT2D eigenvalue weighted by molar-refractivity contribution is 7.93. The van der Waals surface area contributed by atoms with E-state index in [4.69, 9.17) is 25.9 Å². The van der Waals surface area contributed by atoms with Gasteiger partial charge in [-0.05, 0) is 75.6 Å². The number of hydrogen-bond donors (Lipinski definition) is 1. The normalized spacial score (nSPS) is 16.0. The van der Waals surface area contributed by atoms with Crippen molar-refractivity contribution in [2.45, 2.75) is 17.4 Å². The quantitative estimate of drug-likeness (QED) is 0.242. The number of halogens is 1. The van der Waals surface area contributed by atoms with Crippen LogP contribution in [0.1, 0.15) is 28.4 Å². The Hall–Kier alpha value is -4.58. The number of para-hydroxylation sites is 1. The number of methoxy groups -OCH3 is 1. The molecule has 10 nitrogen and oxygen atoms in total. The van der Waals surface area contributed by atoms with Gasteiger partial charge in [-0.25, -0.2) is 12.7 Å². The fourth-order valence-corrected chi connectivity index (χ4v) is 7.18. The fourth-order valence-electron chi connectivity index (χ4n) is 5.31. The molecule has 12 heteroatoms. The van der Waals surface area contributed by atoms with Crippen LogP contribution in [0.15, 0.2) is 95.9 Å². The van der Waals surface area contributed by atoms with E-state index in [2.05, 4.69) is 5.48 Å². The second-order valence-corrected chi connectivity index (χ2v) is 12.1. The molecule has 5 rings (SSSR count). The first-order chi connectivity index (χ1) is 21.1. The Balaban J connectivity index is 1.61. The largest absolute Gasteiger partial charge is 0.495 e. The molecular formula is C32H30ClN3O7S. The maximum absolute atomic E-state index is 14.6. The van der Waals surface area contributed by atoms with Gasteiger partial charge in [0.15, 0.2) is 11.3 Å². The van der Waals surface area contributed by atoms with Crippen LogP contribution in [0.2, 0.25) is 5.02 Å². The third-order valence-corrected chi connectivity index (χ3v) is 9.33. The van der Waals surface area contributed by atoms with Crippen molar-refractivity contribution in [3.8, 4) is 17.2 Å². The Morgan fingerprint density at radius 3 is 2.30 bits per heavy atom. The molecule has 0 bridgehead atoms. The van der Waals surface area contributed by atoms with Crippen molar-refractivity contribution in [1.82, 2.24) is 10.4 Å². The first-order valence-corrected chi connectivity index (χ1v) is 15.4. The number of carbonyl (C=O) groups excluding carboxylic acids is 2. The lowest BCUT2D eigenvalue weighted by atomic mass is 9.82. The van der Waals surface area contributed by atoms with Crippen molar-refractivity contribution in [2.24, 2.45) is 0 Å². The number of benzene rings is 4. The lowest BCUT2D eigenvalue weighted by Crippen LogP contribution is -2.52. The summed E-state index contributed by atoms with van der Waals surface area (Å²) in [5, 5.41) is 0.284. The van der Waals surface area contributed by atoms with Gasteiger partial charge in [-0.15, -0.1) is 0 Å². The zero-order valence-corrected chi connectivity index (χ0v) is 26.0. The lowest BCUT2D eigenvalue weighted by Gasteiger charge is -2.36. The van der Waals surface area contributed by atoms with Crippen LogP contribution in [0.5, 0.6) is 17.2 Å². The zero-order chi connectivity index (χ0) is 31.6. The van der Waals surface area contributed by atoms with Crippen molar-refractivity contribution in [1.29, 1.82) is 0 Å². The smallest absolute Gasteiger partial charge is 0.284 e. The third kappa shape index (κ3) is 5.12. The summed E-state index contributed by atoms with van der Waals surface area (Å²) in [7, 11) is 0.0303. The number of nitrogens with one attached hydrogen (secondary N) is 1. The molecule has 1 aliphatic rings.